The summed E-state index contributed by atoms with van der Waals surface area (Å²) in [7, 11) is 0. The Morgan fingerprint density at radius 1 is 1.39 bits per heavy atom. The molecule has 1 aromatic heterocycles. The van der Waals surface area contributed by atoms with Crippen LogP contribution in [0.4, 0.5) is 0 Å². The number of aliphatic carboxylic acids is 1. The predicted octanol–water partition coefficient (Wildman–Crippen LogP) is 3.27. The van der Waals surface area contributed by atoms with Crippen LogP contribution in [0.15, 0.2) is 15.9 Å². The first-order valence-corrected chi connectivity index (χ1v) is 7.33. The summed E-state index contributed by atoms with van der Waals surface area (Å²) in [5.41, 5.74) is -0.667. The molecule has 0 fully saturated rings. The second-order valence-corrected chi connectivity index (χ2v) is 6.58. The van der Waals surface area contributed by atoms with Crippen LogP contribution >= 0.6 is 27.3 Å². The van der Waals surface area contributed by atoms with Crippen molar-refractivity contribution < 1.29 is 14.7 Å². The monoisotopic (exact) mass is 333 g/mol. The van der Waals surface area contributed by atoms with E-state index in [0.717, 1.165) is 3.79 Å². The zero-order valence-corrected chi connectivity index (χ0v) is 12.7. The number of amides is 1. The lowest BCUT2D eigenvalue weighted by molar-refractivity contribution is -0.138. The molecule has 18 heavy (non-hydrogen) atoms. The van der Waals surface area contributed by atoms with Crippen molar-refractivity contribution in [2.75, 3.05) is 0 Å². The Balaban J connectivity index is 2.83. The van der Waals surface area contributed by atoms with Crippen molar-refractivity contribution in [1.82, 2.24) is 5.32 Å². The Morgan fingerprint density at radius 3 is 2.39 bits per heavy atom. The fraction of sp³-hybridized carbons (Fsp3) is 0.500. The second-order valence-electron chi connectivity index (χ2n) is 4.12. The number of halogens is 1. The van der Waals surface area contributed by atoms with Crippen molar-refractivity contribution in [3.05, 3.63) is 20.8 Å². The molecule has 1 aromatic rings. The van der Waals surface area contributed by atoms with Gasteiger partial charge < -0.3 is 10.4 Å². The van der Waals surface area contributed by atoms with Crippen LogP contribution in [0.2, 0.25) is 0 Å². The smallest absolute Gasteiger partial charge is 0.305 e. The van der Waals surface area contributed by atoms with Gasteiger partial charge in [0.1, 0.15) is 0 Å². The van der Waals surface area contributed by atoms with Crippen molar-refractivity contribution in [1.29, 1.82) is 0 Å². The van der Waals surface area contributed by atoms with Gasteiger partial charge in [-0.2, -0.15) is 0 Å². The SMILES string of the molecule is CCC(CC)(CC(=O)O)NC(=O)c1ccc(Br)s1. The predicted molar refractivity (Wildman–Crippen MR) is 75.1 cm³/mol. The van der Waals surface area contributed by atoms with E-state index in [1.54, 1.807) is 12.1 Å². The first-order chi connectivity index (χ1) is 8.42. The van der Waals surface area contributed by atoms with E-state index in [-0.39, 0.29) is 12.3 Å². The van der Waals surface area contributed by atoms with E-state index in [2.05, 4.69) is 21.2 Å². The maximum Gasteiger partial charge on any atom is 0.305 e. The molecule has 0 aliphatic carbocycles. The third kappa shape index (κ3) is 3.81. The summed E-state index contributed by atoms with van der Waals surface area (Å²) in [5, 5.41) is 11.8. The third-order valence-electron chi connectivity index (χ3n) is 3.02. The van der Waals surface area contributed by atoms with Crippen LogP contribution < -0.4 is 5.32 Å². The minimum atomic E-state index is -0.897. The Labute approximate surface area is 119 Å². The largest absolute Gasteiger partial charge is 0.481 e. The van der Waals surface area contributed by atoms with Gasteiger partial charge in [-0.15, -0.1) is 11.3 Å². The van der Waals surface area contributed by atoms with Gasteiger partial charge in [0, 0.05) is 0 Å². The summed E-state index contributed by atoms with van der Waals surface area (Å²) in [6, 6.07) is 3.53. The molecule has 2 N–H and O–H groups in total. The minimum Gasteiger partial charge on any atom is -0.481 e. The fourth-order valence-electron chi connectivity index (χ4n) is 1.75. The number of nitrogens with one attached hydrogen (secondary N) is 1. The Morgan fingerprint density at radius 2 is 2.00 bits per heavy atom. The molecule has 100 valence electrons. The van der Waals surface area contributed by atoms with Gasteiger partial charge in [-0.05, 0) is 40.9 Å². The molecule has 0 unspecified atom stereocenters. The summed E-state index contributed by atoms with van der Waals surface area (Å²) in [6.07, 6.45) is 1.13. The van der Waals surface area contributed by atoms with Crippen LogP contribution in [0.25, 0.3) is 0 Å². The van der Waals surface area contributed by atoms with Gasteiger partial charge in [0.2, 0.25) is 0 Å². The Bertz CT molecular complexity index is 440. The highest BCUT2D eigenvalue weighted by Gasteiger charge is 2.31. The van der Waals surface area contributed by atoms with Crippen molar-refractivity contribution in [3.63, 3.8) is 0 Å². The molecule has 0 spiro atoms. The van der Waals surface area contributed by atoms with E-state index in [0.29, 0.717) is 17.7 Å². The molecule has 1 amide bonds. The normalized spacial score (nSPS) is 11.3. The van der Waals surface area contributed by atoms with Gasteiger partial charge in [0.25, 0.3) is 5.91 Å². The van der Waals surface area contributed by atoms with Crippen LogP contribution in [-0.2, 0) is 4.79 Å². The maximum atomic E-state index is 12.1. The van der Waals surface area contributed by atoms with E-state index >= 15 is 0 Å². The standard InChI is InChI=1S/C12H16BrNO3S/c1-3-12(4-2,7-10(15)16)14-11(17)8-5-6-9(13)18-8/h5-6H,3-4,7H2,1-2H3,(H,14,17)(H,15,16). The number of carboxylic acids is 1. The number of carbonyl (C=O) groups is 2. The topological polar surface area (TPSA) is 66.4 Å². The molecule has 0 atom stereocenters. The van der Waals surface area contributed by atoms with Gasteiger partial charge in [-0.25, -0.2) is 0 Å². The van der Waals surface area contributed by atoms with Crippen LogP contribution in [0.5, 0.6) is 0 Å². The van der Waals surface area contributed by atoms with Crippen LogP contribution in [-0.4, -0.2) is 22.5 Å². The summed E-state index contributed by atoms with van der Waals surface area (Å²) < 4.78 is 0.879. The minimum absolute atomic E-state index is 0.0573. The second kappa shape index (κ2) is 6.33. The number of carboxylic acid groups (broad SMARTS) is 1. The molecule has 0 saturated carbocycles. The third-order valence-corrected chi connectivity index (χ3v) is 4.64. The van der Waals surface area contributed by atoms with Gasteiger partial charge in [-0.1, -0.05) is 13.8 Å². The van der Waals surface area contributed by atoms with E-state index in [9.17, 15) is 9.59 Å². The van der Waals surface area contributed by atoms with Crippen LogP contribution in [0, 0.1) is 0 Å². The molecule has 0 aromatic carbocycles. The molecule has 0 aliphatic rings. The molecule has 0 saturated heterocycles. The summed E-state index contributed by atoms with van der Waals surface area (Å²) >= 11 is 4.63. The van der Waals surface area contributed by atoms with Gasteiger partial charge in [0.05, 0.1) is 20.6 Å². The molecule has 0 bridgehead atoms. The van der Waals surface area contributed by atoms with E-state index in [4.69, 9.17) is 5.11 Å². The highest BCUT2D eigenvalue weighted by atomic mass is 79.9. The van der Waals surface area contributed by atoms with Gasteiger partial charge in [0.15, 0.2) is 0 Å². The van der Waals surface area contributed by atoms with Crippen molar-refractivity contribution in [2.45, 2.75) is 38.6 Å². The van der Waals surface area contributed by atoms with Crippen molar-refractivity contribution in [3.8, 4) is 0 Å². The van der Waals surface area contributed by atoms with E-state index in [1.165, 1.54) is 11.3 Å². The summed E-state index contributed by atoms with van der Waals surface area (Å²) in [4.78, 5) is 23.5. The molecule has 6 heteroatoms. The highest BCUT2D eigenvalue weighted by molar-refractivity contribution is 9.11. The average Bonchev–Trinajstić information content (AvgIpc) is 2.74. The number of hydrogen-bond donors (Lipinski definition) is 2. The lowest BCUT2D eigenvalue weighted by Crippen LogP contribution is -2.48. The number of carbonyl (C=O) groups excluding carboxylic acids is 1. The Kier molecular flexibility index (Phi) is 5.34. The lowest BCUT2D eigenvalue weighted by atomic mass is 9.89. The zero-order chi connectivity index (χ0) is 13.8. The molecule has 0 radical (unpaired) electrons. The Hall–Kier alpha value is -0.880. The summed E-state index contributed by atoms with van der Waals surface area (Å²) in [5.74, 6) is -1.11. The fourth-order valence-corrected chi connectivity index (χ4v) is 3.03. The van der Waals surface area contributed by atoms with Crippen molar-refractivity contribution >= 4 is 39.1 Å². The van der Waals surface area contributed by atoms with E-state index < -0.39 is 11.5 Å². The number of hydrogen-bond acceptors (Lipinski definition) is 3. The summed E-state index contributed by atoms with van der Waals surface area (Å²) in [6.45, 7) is 3.77. The average molecular weight is 334 g/mol. The van der Waals surface area contributed by atoms with Gasteiger partial charge in [-0.3, -0.25) is 9.59 Å². The molecule has 0 aliphatic heterocycles. The first-order valence-electron chi connectivity index (χ1n) is 5.72. The molecule has 1 heterocycles. The van der Waals surface area contributed by atoms with Crippen LogP contribution in [0.1, 0.15) is 42.8 Å². The zero-order valence-electron chi connectivity index (χ0n) is 10.3. The number of thiophene rings is 1. The first kappa shape index (κ1) is 15.2. The maximum absolute atomic E-state index is 12.1. The van der Waals surface area contributed by atoms with E-state index in [1.807, 2.05) is 13.8 Å². The molecule has 4 nitrogen and oxygen atoms in total. The molecular weight excluding hydrogens is 318 g/mol. The highest BCUT2D eigenvalue weighted by Crippen LogP contribution is 2.25. The molecular formula is C12H16BrNO3S. The van der Waals surface area contributed by atoms with Crippen molar-refractivity contribution in [2.24, 2.45) is 0 Å². The van der Waals surface area contributed by atoms with Gasteiger partial charge >= 0.3 is 5.97 Å². The lowest BCUT2D eigenvalue weighted by Gasteiger charge is -2.31. The van der Waals surface area contributed by atoms with Crippen LogP contribution in [0.3, 0.4) is 0 Å². The molecule has 1 rings (SSSR count). The number of rotatable bonds is 6. The quantitative estimate of drug-likeness (QED) is 0.839.